The zero-order valence-corrected chi connectivity index (χ0v) is 18.0. The second-order valence-electron chi connectivity index (χ2n) is 6.34. The second-order valence-corrected chi connectivity index (χ2v) is 9.29. The Bertz CT molecular complexity index is 1230. The first-order valence-corrected chi connectivity index (χ1v) is 11.5. The number of aromatic nitrogens is 3. The number of nitrogens with zero attached hydrogens (tertiary/aromatic N) is 4. The lowest BCUT2D eigenvalue weighted by atomic mass is 10.2. The van der Waals surface area contributed by atoms with Crippen molar-refractivity contribution in [2.24, 2.45) is 5.16 Å². The SMILES string of the molecule is C/C(=N\OC(=O)CCS(=O)(=O)c1nc(-c2cccs2)cc(C(F)(F)F)n1)c1ccncc1. The predicted molar refractivity (Wildman–Crippen MR) is 110 cm³/mol. The topological polar surface area (TPSA) is 111 Å². The fourth-order valence-corrected chi connectivity index (χ4v) is 4.16. The molecule has 0 amide bonds. The van der Waals surface area contributed by atoms with Crippen LogP contribution in [0.1, 0.15) is 24.6 Å². The molecule has 0 radical (unpaired) electrons. The minimum Gasteiger partial charge on any atom is -0.318 e. The molecule has 0 atom stereocenters. The van der Waals surface area contributed by atoms with Crippen molar-refractivity contribution in [2.45, 2.75) is 24.7 Å². The van der Waals surface area contributed by atoms with Crippen molar-refractivity contribution in [1.82, 2.24) is 15.0 Å². The summed E-state index contributed by atoms with van der Waals surface area (Å²) in [5.41, 5.74) is -0.583. The van der Waals surface area contributed by atoms with Crippen LogP contribution in [0.4, 0.5) is 13.2 Å². The summed E-state index contributed by atoms with van der Waals surface area (Å²) in [5.74, 6) is -1.83. The van der Waals surface area contributed by atoms with Crippen molar-refractivity contribution in [1.29, 1.82) is 0 Å². The largest absolute Gasteiger partial charge is 0.433 e. The molecule has 0 unspecified atom stereocenters. The highest BCUT2D eigenvalue weighted by Crippen LogP contribution is 2.32. The van der Waals surface area contributed by atoms with Crippen molar-refractivity contribution in [3.8, 4) is 10.6 Å². The third-order valence-electron chi connectivity index (χ3n) is 4.01. The maximum absolute atomic E-state index is 13.2. The Morgan fingerprint density at radius 3 is 2.53 bits per heavy atom. The number of hydrogen-bond donors (Lipinski definition) is 0. The quantitative estimate of drug-likeness (QED) is 0.217. The summed E-state index contributed by atoms with van der Waals surface area (Å²) in [5, 5.41) is 4.23. The number of rotatable bonds is 7. The second kappa shape index (κ2) is 9.53. The van der Waals surface area contributed by atoms with E-state index in [-0.39, 0.29) is 5.69 Å². The van der Waals surface area contributed by atoms with Gasteiger partial charge >= 0.3 is 12.1 Å². The summed E-state index contributed by atoms with van der Waals surface area (Å²) >= 11 is 1.10. The van der Waals surface area contributed by atoms with Gasteiger partial charge in [0.25, 0.3) is 0 Å². The molecule has 0 aliphatic carbocycles. The van der Waals surface area contributed by atoms with E-state index >= 15 is 0 Å². The number of carbonyl (C=O) groups is 1. The van der Waals surface area contributed by atoms with Gasteiger partial charge in [0, 0.05) is 18.0 Å². The number of thiophene rings is 1. The zero-order chi connectivity index (χ0) is 23.4. The lowest BCUT2D eigenvalue weighted by Gasteiger charge is -2.10. The highest BCUT2D eigenvalue weighted by Gasteiger charge is 2.35. The number of hydrogen-bond acceptors (Lipinski definition) is 9. The molecule has 0 saturated carbocycles. The minimum absolute atomic E-state index is 0.180. The minimum atomic E-state index is -4.88. The van der Waals surface area contributed by atoms with Crippen molar-refractivity contribution in [3.05, 3.63) is 59.4 Å². The van der Waals surface area contributed by atoms with E-state index in [1.54, 1.807) is 30.5 Å². The molecule has 3 aromatic heterocycles. The van der Waals surface area contributed by atoms with E-state index in [1.165, 1.54) is 18.5 Å². The lowest BCUT2D eigenvalue weighted by Crippen LogP contribution is -2.18. The molecule has 32 heavy (non-hydrogen) atoms. The molecule has 0 bridgehead atoms. The van der Waals surface area contributed by atoms with Crippen LogP contribution >= 0.6 is 11.3 Å². The Balaban J connectivity index is 1.76. The van der Waals surface area contributed by atoms with E-state index in [9.17, 15) is 26.4 Å². The summed E-state index contributed by atoms with van der Waals surface area (Å²) in [7, 11) is -4.42. The summed E-state index contributed by atoms with van der Waals surface area (Å²) < 4.78 is 64.8. The molecule has 0 aromatic carbocycles. The average Bonchev–Trinajstić information content (AvgIpc) is 3.31. The van der Waals surface area contributed by atoms with Gasteiger partial charge in [0.1, 0.15) is 5.69 Å². The Morgan fingerprint density at radius 2 is 1.91 bits per heavy atom. The number of alkyl halides is 3. The monoisotopic (exact) mass is 484 g/mol. The van der Waals surface area contributed by atoms with E-state index < -0.39 is 45.0 Å². The zero-order valence-electron chi connectivity index (χ0n) is 16.4. The van der Waals surface area contributed by atoms with Gasteiger partial charge in [0.05, 0.1) is 28.5 Å². The summed E-state index contributed by atoms with van der Waals surface area (Å²) in [4.78, 5) is 27.7. The average molecular weight is 484 g/mol. The van der Waals surface area contributed by atoms with Gasteiger partial charge in [-0.1, -0.05) is 11.2 Å². The van der Waals surface area contributed by atoms with Gasteiger partial charge in [-0.3, -0.25) is 4.98 Å². The molecule has 168 valence electrons. The van der Waals surface area contributed by atoms with Crippen molar-refractivity contribution in [2.75, 3.05) is 5.75 Å². The number of sulfone groups is 1. The summed E-state index contributed by atoms with van der Waals surface area (Å²) in [6.45, 7) is 1.57. The molecule has 0 aliphatic rings. The molecule has 0 saturated heterocycles. The van der Waals surface area contributed by atoms with Gasteiger partial charge in [0.15, 0.2) is 0 Å². The normalized spacial score (nSPS) is 12.6. The van der Waals surface area contributed by atoms with Crippen LogP contribution in [0.3, 0.4) is 0 Å². The van der Waals surface area contributed by atoms with E-state index in [0.717, 1.165) is 11.3 Å². The van der Waals surface area contributed by atoms with Gasteiger partial charge in [-0.05, 0) is 36.6 Å². The van der Waals surface area contributed by atoms with Gasteiger partial charge in [-0.15, -0.1) is 11.3 Å². The molecule has 0 fully saturated rings. The van der Waals surface area contributed by atoms with Gasteiger partial charge < -0.3 is 4.84 Å². The van der Waals surface area contributed by atoms with Gasteiger partial charge in [0.2, 0.25) is 15.0 Å². The third-order valence-corrected chi connectivity index (χ3v) is 6.38. The highest BCUT2D eigenvalue weighted by molar-refractivity contribution is 7.91. The Morgan fingerprint density at radius 1 is 1.19 bits per heavy atom. The van der Waals surface area contributed by atoms with Crippen LogP contribution in [0.25, 0.3) is 10.6 Å². The molecule has 0 aliphatic heterocycles. The number of halogens is 3. The maximum atomic E-state index is 13.2. The molecular weight excluding hydrogens is 469 g/mol. The molecular formula is C19H15F3N4O4S2. The summed E-state index contributed by atoms with van der Waals surface area (Å²) in [6, 6.07) is 7.04. The third kappa shape index (κ3) is 5.95. The summed E-state index contributed by atoms with van der Waals surface area (Å²) in [6.07, 6.45) is -2.49. The number of oxime groups is 1. The van der Waals surface area contributed by atoms with Gasteiger partial charge in [-0.25, -0.2) is 23.2 Å². The maximum Gasteiger partial charge on any atom is 0.433 e. The fourth-order valence-electron chi connectivity index (χ4n) is 2.38. The first-order valence-electron chi connectivity index (χ1n) is 8.94. The Kier molecular flexibility index (Phi) is 6.99. The smallest absolute Gasteiger partial charge is 0.318 e. The van der Waals surface area contributed by atoms with E-state index in [2.05, 4.69) is 20.1 Å². The lowest BCUT2D eigenvalue weighted by molar-refractivity contribution is -0.143. The Labute approximate surface area is 184 Å². The van der Waals surface area contributed by atoms with Crippen LogP contribution in [-0.4, -0.2) is 40.8 Å². The first kappa shape index (κ1) is 23.5. The van der Waals surface area contributed by atoms with Crippen LogP contribution in [0.15, 0.2) is 58.4 Å². The first-order chi connectivity index (χ1) is 15.1. The van der Waals surface area contributed by atoms with E-state index in [1.807, 2.05) is 0 Å². The van der Waals surface area contributed by atoms with Crippen LogP contribution in [0.2, 0.25) is 0 Å². The molecule has 13 heteroatoms. The van der Waals surface area contributed by atoms with Crippen LogP contribution in [0.5, 0.6) is 0 Å². The van der Waals surface area contributed by atoms with E-state index in [0.29, 0.717) is 22.2 Å². The van der Waals surface area contributed by atoms with Crippen LogP contribution in [0, 0.1) is 0 Å². The van der Waals surface area contributed by atoms with Gasteiger partial charge in [-0.2, -0.15) is 13.2 Å². The van der Waals surface area contributed by atoms with Crippen molar-refractivity contribution in [3.63, 3.8) is 0 Å². The van der Waals surface area contributed by atoms with Crippen molar-refractivity contribution >= 4 is 32.9 Å². The molecule has 3 heterocycles. The number of pyridine rings is 1. The molecule has 0 spiro atoms. The van der Waals surface area contributed by atoms with E-state index in [4.69, 9.17) is 4.84 Å². The molecule has 8 nitrogen and oxygen atoms in total. The molecule has 3 rings (SSSR count). The predicted octanol–water partition coefficient (Wildman–Crippen LogP) is 3.75. The molecule has 0 N–H and O–H groups in total. The van der Waals surface area contributed by atoms with Crippen LogP contribution < -0.4 is 0 Å². The van der Waals surface area contributed by atoms with Crippen LogP contribution in [-0.2, 0) is 25.6 Å². The standard InChI is InChI=1S/C19H15F3N4O4S2/c1-12(13-4-7-23-8-5-13)26-30-17(27)6-10-32(28,29)18-24-14(15-3-2-9-31-15)11-16(25-18)19(20,21)22/h2-5,7-9,11H,6,10H2,1H3/b26-12+. The number of carbonyl (C=O) groups excluding carboxylic acids is 1. The Hall–Kier alpha value is -3.19. The van der Waals surface area contributed by atoms with Crippen molar-refractivity contribution < 1.29 is 31.2 Å². The fraction of sp³-hybridized carbons (Fsp3) is 0.211. The highest BCUT2D eigenvalue weighted by atomic mass is 32.2. The molecule has 3 aromatic rings.